The fraction of sp³-hybridized carbons (Fsp3) is 0.550. The molecule has 2 atom stereocenters. The second-order valence-corrected chi connectivity index (χ2v) is 8.15. The van der Waals surface area contributed by atoms with Crippen LogP contribution in [0.2, 0.25) is 0 Å². The van der Waals surface area contributed by atoms with Crippen molar-refractivity contribution in [1.29, 1.82) is 5.26 Å². The highest BCUT2D eigenvalue weighted by Crippen LogP contribution is 2.38. The number of halogens is 3. The lowest BCUT2D eigenvalue weighted by molar-refractivity contribution is -0.274. The summed E-state index contributed by atoms with van der Waals surface area (Å²) in [5.74, 6) is 0.860. The fourth-order valence-electron chi connectivity index (χ4n) is 4.31. The largest absolute Gasteiger partial charge is 0.573 e. The van der Waals surface area contributed by atoms with Gasteiger partial charge in [0, 0.05) is 25.2 Å². The molecule has 2 unspecified atom stereocenters. The molecule has 11 heteroatoms. The summed E-state index contributed by atoms with van der Waals surface area (Å²) in [6, 6.07) is 5.54. The molecule has 1 aromatic heterocycles. The molecule has 4 rings (SSSR count). The molecule has 1 aromatic carbocycles. The lowest BCUT2D eigenvalue weighted by Crippen LogP contribution is -2.46. The Balaban J connectivity index is 1.51. The Morgan fingerprint density at radius 3 is 2.48 bits per heavy atom. The van der Waals surface area contributed by atoms with Crippen LogP contribution < -0.4 is 14.8 Å². The number of rotatable bonds is 6. The number of piperidine rings is 1. The van der Waals surface area contributed by atoms with E-state index in [0.29, 0.717) is 30.9 Å². The minimum atomic E-state index is -4.78. The zero-order chi connectivity index (χ0) is 22.2. The number of nitriles is 1. The van der Waals surface area contributed by atoms with Gasteiger partial charge in [0.15, 0.2) is 6.19 Å². The van der Waals surface area contributed by atoms with Crippen molar-refractivity contribution in [2.45, 2.75) is 45.1 Å². The Kier molecular flexibility index (Phi) is 5.56. The molecule has 1 saturated heterocycles. The van der Waals surface area contributed by atoms with Crippen LogP contribution in [-0.4, -0.2) is 45.2 Å². The van der Waals surface area contributed by atoms with Crippen LogP contribution in [0.1, 0.15) is 32.7 Å². The average Bonchev–Trinajstić information content (AvgIpc) is 3.17. The third-order valence-corrected chi connectivity index (χ3v) is 5.61. The van der Waals surface area contributed by atoms with Gasteiger partial charge in [0.2, 0.25) is 5.95 Å². The molecule has 0 amide bonds. The second kappa shape index (κ2) is 8.17. The predicted octanol–water partition coefficient (Wildman–Crippen LogP) is 4.15. The van der Waals surface area contributed by atoms with E-state index in [1.54, 1.807) is 9.58 Å². The van der Waals surface area contributed by atoms with Gasteiger partial charge in [0.1, 0.15) is 11.5 Å². The van der Waals surface area contributed by atoms with E-state index >= 15 is 0 Å². The molecular weight excluding hydrogens is 413 g/mol. The van der Waals surface area contributed by atoms with Crippen molar-refractivity contribution in [3.05, 3.63) is 24.3 Å². The van der Waals surface area contributed by atoms with E-state index in [-0.39, 0.29) is 29.6 Å². The Morgan fingerprint density at radius 1 is 1.19 bits per heavy atom. The van der Waals surface area contributed by atoms with Crippen LogP contribution in [0.4, 0.5) is 19.1 Å². The highest BCUT2D eigenvalue weighted by Gasteiger charge is 2.42. The lowest BCUT2D eigenvalue weighted by atomic mass is 9.92. The van der Waals surface area contributed by atoms with Crippen LogP contribution in [0.25, 0.3) is 0 Å². The third-order valence-electron chi connectivity index (χ3n) is 5.61. The number of anilines is 1. The molecule has 1 N–H and O–H groups in total. The summed E-state index contributed by atoms with van der Waals surface area (Å²) in [6.07, 6.45) is -0.466. The van der Waals surface area contributed by atoms with Crippen molar-refractivity contribution in [2.75, 3.05) is 18.4 Å². The quantitative estimate of drug-likeness (QED) is 0.681. The summed E-state index contributed by atoms with van der Waals surface area (Å²) in [7, 11) is 0. The van der Waals surface area contributed by atoms with E-state index in [4.69, 9.17) is 4.74 Å². The molecule has 2 heterocycles. The third kappa shape index (κ3) is 4.78. The van der Waals surface area contributed by atoms with Crippen molar-refractivity contribution < 1.29 is 22.6 Å². The van der Waals surface area contributed by atoms with Crippen molar-refractivity contribution >= 4 is 5.95 Å². The first-order valence-electron chi connectivity index (χ1n) is 10.1. The van der Waals surface area contributed by atoms with Gasteiger partial charge in [0.25, 0.3) is 0 Å². The zero-order valence-electron chi connectivity index (χ0n) is 17.1. The highest BCUT2D eigenvalue weighted by molar-refractivity contribution is 5.36. The summed E-state index contributed by atoms with van der Waals surface area (Å²) in [5, 5.41) is 17.1. The van der Waals surface area contributed by atoms with E-state index < -0.39 is 6.36 Å². The first-order valence-corrected chi connectivity index (χ1v) is 10.1. The van der Waals surface area contributed by atoms with Gasteiger partial charge < -0.3 is 19.7 Å². The monoisotopic (exact) mass is 436 g/mol. The Labute approximate surface area is 177 Å². The molecule has 8 nitrogen and oxygen atoms in total. The first kappa shape index (κ1) is 21.1. The number of alkyl halides is 3. The number of aromatic nitrogens is 3. The number of likely N-dealkylation sites (tertiary alicyclic amines) is 1. The maximum Gasteiger partial charge on any atom is 0.573 e. The molecule has 2 bridgehead atoms. The molecule has 31 heavy (non-hydrogen) atoms. The summed E-state index contributed by atoms with van der Waals surface area (Å²) in [6.45, 7) is 5.24. The smallest absolute Gasteiger partial charge is 0.424 e. The van der Waals surface area contributed by atoms with Crippen LogP contribution >= 0.6 is 0 Å². The van der Waals surface area contributed by atoms with Crippen LogP contribution in [-0.2, 0) is 0 Å². The maximum atomic E-state index is 12.5. The van der Waals surface area contributed by atoms with Crippen molar-refractivity contribution in [1.82, 2.24) is 19.7 Å². The van der Waals surface area contributed by atoms with Gasteiger partial charge in [-0.25, -0.2) is 4.68 Å². The van der Waals surface area contributed by atoms with E-state index in [1.807, 2.05) is 13.8 Å². The van der Waals surface area contributed by atoms with Gasteiger partial charge in [-0.05, 0) is 50.7 Å². The minimum Gasteiger partial charge on any atom is -0.424 e. The lowest BCUT2D eigenvalue weighted by Gasteiger charge is -2.35. The molecule has 2 aliphatic rings. The average molecular weight is 436 g/mol. The molecule has 0 radical (unpaired) electrons. The number of nitrogens with one attached hydrogen (secondary N) is 1. The molecule has 2 aromatic rings. The SMILES string of the molecule is CC(C)n1nc(NC2C3CCC2CN(C#N)C3)nc1Oc1cccc(OC(F)(F)F)c1. The molecular formula is C20H23F3N6O2. The number of benzene rings is 1. The van der Waals surface area contributed by atoms with Crippen LogP contribution in [0, 0.1) is 23.3 Å². The van der Waals surface area contributed by atoms with E-state index in [1.165, 1.54) is 18.2 Å². The second-order valence-electron chi connectivity index (χ2n) is 8.15. The molecule has 166 valence electrons. The summed E-state index contributed by atoms with van der Waals surface area (Å²) in [4.78, 5) is 6.23. The molecule has 2 fully saturated rings. The van der Waals surface area contributed by atoms with Gasteiger partial charge >= 0.3 is 12.4 Å². The summed E-state index contributed by atoms with van der Waals surface area (Å²) < 4.78 is 48.8. The first-order chi connectivity index (χ1) is 14.7. The van der Waals surface area contributed by atoms with Crippen LogP contribution in [0.15, 0.2) is 24.3 Å². The van der Waals surface area contributed by atoms with Gasteiger partial charge in [0.05, 0.1) is 6.04 Å². The fourth-order valence-corrected chi connectivity index (χ4v) is 4.31. The van der Waals surface area contributed by atoms with Crippen molar-refractivity contribution in [3.63, 3.8) is 0 Å². The molecule has 0 spiro atoms. The van der Waals surface area contributed by atoms with Gasteiger partial charge in [-0.1, -0.05) is 6.07 Å². The standard InChI is InChI=1S/C20H23F3N6O2/c1-12(2)29-19(30-15-4-3-5-16(8-15)31-20(21,22)23)26-18(27-29)25-17-13-6-7-14(17)10-28(9-13)11-24/h3-5,8,12-14,17H,6-7,9-10H2,1-2H3,(H,25,27). The Bertz CT molecular complexity index is 957. The van der Waals surface area contributed by atoms with Crippen LogP contribution in [0.5, 0.6) is 17.5 Å². The van der Waals surface area contributed by atoms with Gasteiger partial charge in [-0.2, -0.15) is 10.2 Å². The minimum absolute atomic E-state index is 0.0789. The normalized spacial score (nSPS) is 23.0. The molecule has 1 aliphatic heterocycles. The number of fused-ring (bicyclic) bond motifs is 2. The Hall–Kier alpha value is -3.16. The van der Waals surface area contributed by atoms with E-state index in [2.05, 4.69) is 26.3 Å². The Morgan fingerprint density at radius 2 is 1.87 bits per heavy atom. The molecule has 1 saturated carbocycles. The predicted molar refractivity (Wildman–Crippen MR) is 104 cm³/mol. The molecule has 1 aliphatic carbocycles. The van der Waals surface area contributed by atoms with E-state index in [0.717, 1.165) is 18.9 Å². The number of ether oxygens (including phenoxy) is 2. The number of hydrogen-bond acceptors (Lipinski definition) is 7. The summed E-state index contributed by atoms with van der Waals surface area (Å²) in [5.41, 5.74) is 0. The highest BCUT2D eigenvalue weighted by atomic mass is 19.4. The topological polar surface area (TPSA) is 88.2 Å². The summed E-state index contributed by atoms with van der Waals surface area (Å²) >= 11 is 0. The van der Waals surface area contributed by atoms with Crippen molar-refractivity contribution in [3.8, 4) is 23.7 Å². The van der Waals surface area contributed by atoms with Gasteiger partial charge in [-0.3, -0.25) is 0 Å². The van der Waals surface area contributed by atoms with Crippen molar-refractivity contribution in [2.24, 2.45) is 11.8 Å². The maximum absolute atomic E-state index is 12.5. The number of nitrogens with zero attached hydrogens (tertiary/aromatic N) is 5. The van der Waals surface area contributed by atoms with Crippen LogP contribution in [0.3, 0.4) is 0 Å². The number of hydrogen-bond donors (Lipinski definition) is 1. The van der Waals surface area contributed by atoms with Gasteiger partial charge in [-0.15, -0.1) is 18.3 Å². The zero-order valence-corrected chi connectivity index (χ0v) is 17.1. The van der Waals surface area contributed by atoms with E-state index in [9.17, 15) is 18.4 Å².